The topological polar surface area (TPSA) is 263 Å². The lowest BCUT2D eigenvalue weighted by molar-refractivity contribution is -0.159. The van der Waals surface area contributed by atoms with E-state index in [0.717, 1.165) is 38.9 Å². The van der Waals surface area contributed by atoms with Crippen molar-refractivity contribution >= 4 is 58.8 Å². The molecule has 3 amide bonds. The van der Waals surface area contributed by atoms with E-state index in [1.807, 2.05) is 104 Å². The first-order chi connectivity index (χ1) is 36.5. The van der Waals surface area contributed by atoms with Crippen molar-refractivity contribution in [3.05, 3.63) is 179 Å². The summed E-state index contributed by atoms with van der Waals surface area (Å²) in [7, 11) is 1.37. The Hall–Kier alpha value is -8.92. The van der Waals surface area contributed by atoms with Crippen LogP contribution in [-0.2, 0) is 50.2 Å². The summed E-state index contributed by atoms with van der Waals surface area (Å²) in [6.45, 7) is 1.96. The summed E-state index contributed by atoms with van der Waals surface area (Å²) in [5.41, 5.74) is 6.86. The lowest BCUT2D eigenvalue weighted by Gasteiger charge is -2.36. The predicted octanol–water partition coefficient (Wildman–Crippen LogP) is 8.44. The van der Waals surface area contributed by atoms with E-state index in [9.17, 15) is 58.8 Å². The van der Waals surface area contributed by atoms with Crippen molar-refractivity contribution < 1.29 is 63.5 Å². The molecule has 7 N–H and O–H groups in total. The minimum Gasteiger partial charge on any atom is -0.481 e. The van der Waals surface area contributed by atoms with E-state index in [0.29, 0.717) is 28.4 Å². The number of hydrogen-bond acceptors (Lipinski definition) is 9. The maximum Gasteiger partial charge on any atom is 0.307 e. The fraction of sp³-hybridized carbons (Fsp3) is 0.267. The van der Waals surface area contributed by atoms with Gasteiger partial charge in [0, 0.05) is 30.8 Å². The lowest BCUT2D eigenvalue weighted by Crippen LogP contribution is -2.47. The second kappa shape index (κ2) is 21.5. The molecule has 0 aliphatic heterocycles. The number of benzene rings is 6. The van der Waals surface area contributed by atoms with Crippen LogP contribution in [-0.4, -0.2) is 74.9 Å². The van der Waals surface area contributed by atoms with E-state index in [4.69, 9.17) is 4.74 Å². The first-order valence-electron chi connectivity index (χ1n) is 25.0. The summed E-state index contributed by atoms with van der Waals surface area (Å²) in [5, 5.41) is 48.6. The fourth-order valence-electron chi connectivity index (χ4n) is 11.8. The number of rotatable bonds is 16. The van der Waals surface area contributed by atoms with Crippen LogP contribution in [0.1, 0.15) is 59.1 Å². The maximum atomic E-state index is 14.2. The van der Waals surface area contributed by atoms with E-state index < -0.39 is 107 Å². The van der Waals surface area contributed by atoms with Crippen molar-refractivity contribution in [2.45, 2.75) is 44.4 Å². The predicted molar refractivity (Wildman–Crippen MR) is 278 cm³/mol. The number of aryl methyl sites for hydroxylation is 1. The fourth-order valence-corrected chi connectivity index (χ4v) is 11.8. The number of hydrogen-bond donors (Lipinski definition) is 7. The van der Waals surface area contributed by atoms with Gasteiger partial charge in [-0.1, -0.05) is 103 Å². The van der Waals surface area contributed by atoms with Crippen LogP contribution in [0.3, 0.4) is 0 Å². The normalized spacial score (nSPS) is 22.1. The van der Waals surface area contributed by atoms with Crippen LogP contribution < -0.4 is 20.7 Å². The Labute approximate surface area is 437 Å². The minimum absolute atomic E-state index is 0.160. The Morgan fingerprint density at radius 3 is 1.28 bits per heavy atom. The highest BCUT2D eigenvalue weighted by Gasteiger charge is 2.51. The molecular formula is C60H55N3O13. The highest BCUT2D eigenvalue weighted by molar-refractivity contribution is 5.99. The summed E-state index contributed by atoms with van der Waals surface area (Å²) >= 11 is 0. The van der Waals surface area contributed by atoms with Crippen molar-refractivity contribution in [2.24, 2.45) is 47.3 Å². The molecule has 9 rings (SSSR count). The van der Waals surface area contributed by atoms with Crippen molar-refractivity contribution in [1.29, 1.82) is 0 Å². The molecule has 3 aliphatic rings. The van der Waals surface area contributed by atoms with Crippen LogP contribution in [0.2, 0.25) is 0 Å². The number of ketones is 1. The van der Waals surface area contributed by atoms with Crippen molar-refractivity contribution in [1.82, 2.24) is 5.32 Å². The van der Waals surface area contributed by atoms with Gasteiger partial charge in [-0.25, -0.2) is 0 Å². The van der Waals surface area contributed by atoms with Crippen molar-refractivity contribution in [2.75, 3.05) is 17.7 Å². The van der Waals surface area contributed by atoms with Gasteiger partial charge in [-0.2, -0.15) is 0 Å². The molecule has 0 saturated heterocycles. The molecule has 8 unspecified atom stereocenters. The monoisotopic (exact) mass is 1030 g/mol. The third-order valence-electron chi connectivity index (χ3n) is 15.6. The standard InChI is InChI=1S/C60H55N3O13/c1-32-11-23-38(24-12-32)76-39-25-21-37(22-26-39)63-55(67)45-29-44(48(58(72)73)31-49(45)59(74)75)54(66)62-36-19-17-35(18-20-36)60(50-9-5-3-7-40(50)41-8-4-6-10-51(41)60)34-15-13-33(14-16-34)27-52(64)42-28-43(53(65)61-2)47(57(70)71)30-46(42)56(68)69/h3-26,42-49H,27-31H2,1-2H3,(H,61,65)(H,62,66)(H,63,67)(H,68,69)(H,70,71)(H,72,73)(H,74,75). The molecule has 0 aromatic heterocycles. The first kappa shape index (κ1) is 52.0. The number of anilines is 2. The zero-order chi connectivity index (χ0) is 54.0. The van der Waals surface area contributed by atoms with E-state index in [1.165, 1.54) is 7.05 Å². The van der Waals surface area contributed by atoms with Gasteiger partial charge in [0.05, 0.1) is 46.8 Å². The molecule has 16 heteroatoms. The van der Waals surface area contributed by atoms with Crippen LogP contribution in [0.5, 0.6) is 11.5 Å². The third-order valence-corrected chi connectivity index (χ3v) is 15.6. The molecule has 388 valence electrons. The van der Waals surface area contributed by atoms with Crippen LogP contribution in [0.4, 0.5) is 11.4 Å². The molecule has 0 spiro atoms. The number of carboxylic acids is 4. The van der Waals surface area contributed by atoms with Gasteiger partial charge in [-0.3, -0.25) is 38.4 Å². The number of nitrogens with one attached hydrogen (secondary N) is 3. The van der Waals surface area contributed by atoms with Crippen LogP contribution in [0, 0.1) is 54.3 Å². The Bertz CT molecular complexity index is 3200. The zero-order valence-corrected chi connectivity index (χ0v) is 41.5. The lowest BCUT2D eigenvalue weighted by atomic mass is 9.65. The number of ether oxygens (including phenoxy) is 1. The van der Waals surface area contributed by atoms with Gasteiger partial charge >= 0.3 is 23.9 Å². The number of Topliss-reactive ketones (excluding diaryl/α,β-unsaturated/α-hetero) is 1. The molecule has 2 fully saturated rings. The number of carbonyl (C=O) groups excluding carboxylic acids is 4. The average molecular weight is 1030 g/mol. The van der Waals surface area contributed by atoms with Crippen molar-refractivity contribution in [3.63, 3.8) is 0 Å². The number of carbonyl (C=O) groups is 8. The second-order valence-corrected chi connectivity index (χ2v) is 19.9. The Balaban J connectivity index is 0.965. The van der Waals surface area contributed by atoms with Crippen LogP contribution >= 0.6 is 0 Å². The second-order valence-electron chi connectivity index (χ2n) is 19.9. The van der Waals surface area contributed by atoms with Gasteiger partial charge < -0.3 is 41.1 Å². The van der Waals surface area contributed by atoms with Gasteiger partial charge in [0.1, 0.15) is 17.3 Å². The molecule has 8 atom stereocenters. The summed E-state index contributed by atoms with van der Waals surface area (Å²) in [5.74, 6) is -16.5. The summed E-state index contributed by atoms with van der Waals surface area (Å²) in [6.07, 6.45) is -1.54. The molecule has 76 heavy (non-hydrogen) atoms. The van der Waals surface area contributed by atoms with Crippen LogP contribution in [0.25, 0.3) is 11.1 Å². The number of carboxylic acid groups (broad SMARTS) is 4. The van der Waals surface area contributed by atoms with Gasteiger partial charge in [-0.15, -0.1) is 0 Å². The smallest absolute Gasteiger partial charge is 0.307 e. The maximum absolute atomic E-state index is 14.2. The highest BCUT2D eigenvalue weighted by Crippen LogP contribution is 2.56. The highest BCUT2D eigenvalue weighted by atomic mass is 16.5. The minimum atomic E-state index is -1.40. The number of amides is 3. The van der Waals surface area contributed by atoms with Crippen LogP contribution in [0.15, 0.2) is 146 Å². The zero-order valence-electron chi connectivity index (χ0n) is 41.5. The molecule has 0 radical (unpaired) electrons. The van der Waals surface area contributed by atoms with Gasteiger partial charge in [0.15, 0.2) is 0 Å². The molecule has 16 nitrogen and oxygen atoms in total. The third kappa shape index (κ3) is 10.0. The Morgan fingerprint density at radius 1 is 0.461 bits per heavy atom. The first-order valence-corrected chi connectivity index (χ1v) is 25.0. The molecular weight excluding hydrogens is 971 g/mol. The summed E-state index contributed by atoms with van der Waals surface area (Å²) in [4.78, 5) is 105. The van der Waals surface area contributed by atoms with E-state index in [-0.39, 0.29) is 25.7 Å². The van der Waals surface area contributed by atoms with Crippen molar-refractivity contribution in [3.8, 4) is 22.6 Å². The summed E-state index contributed by atoms with van der Waals surface area (Å²) < 4.78 is 5.89. The SMILES string of the molecule is CNC(=O)C1CC(C(=O)Cc2ccc(C3(c4ccc(NC(=O)C5CC(C(=O)Nc6ccc(Oc7ccc(C)cc7)cc6)C(C(=O)O)CC5C(=O)O)cc4)c4ccccc4-c4ccccc43)cc2)C(C(=O)O)CC1C(=O)O. The average Bonchev–Trinajstić information content (AvgIpc) is 3.75. The number of fused-ring (bicyclic) bond motifs is 3. The van der Waals surface area contributed by atoms with Gasteiger partial charge in [0.25, 0.3) is 0 Å². The largest absolute Gasteiger partial charge is 0.481 e. The Kier molecular flexibility index (Phi) is 14.7. The Morgan fingerprint density at radius 2 is 0.829 bits per heavy atom. The molecule has 3 aliphatic carbocycles. The van der Waals surface area contributed by atoms with E-state index in [1.54, 1.807) is 48.5 Å². The quantitative estimate of drug-likeness (QED) is 0.0480. The molecule has 0 bridgehead atoms. The molecule has 0 heterocycles. The van der Waals surface area contributed by atoms with Gasteiger partial charge in [-0.05, 0) is 120 Å². The number of aliphatic carboxylic acids is 4. The van der Waals surface area contributed by atoms with Gasteiger partial charge in [0.2, 0.25) is 17.7 Å². The molecule has 6 aromatic carbocycles. The molecule has 6 aromatic rings. The molecule has 2 saturated carbocycles. The van der Waals surface area contributed by atoms with E-state index >= 15 is 0 Å². The van der Waals surface area contributed by atoms with E-state index in [2.05, 4.69) is 16.0 Å². The summed E-state index contributed by atoms with van der Waals surface area (Å²) in [6, 6.07) is 44.4.